The minimum Gasteiger partial charge on any atom is -0.308 e. The van der Waals surface area contributed by atoms with Gasteiger partial charge in [0.05, 0.1) is 5.56 Å². The molecule has 0 fully saturated rings. The van der Waals surface area contributed by atoms with Crippen LogP contribution in [-0.2, 0) is 6.18 Å². The maximum absolute atomic E-state index is 12.7. The third-order valence-electron chi connectivity index (χ3n) is 3.17. The average Bonchev–Trinajstić information content (AvgIpc) is 3.09. The van der Waals surface area contributed by atoms with Crippen molar-refractivity contribution in [1.82, 2.24) is 20.6 Å². The lowest BCUT2D eigenvalue weighted by Crippen LogP contribution is -2.19. The van der Waals surface area contributed by atoms with E-state index < -0.39 is 17.8 Å². The number of hydrogen-bond acceptors (Lipinski definition) is 4. The summed E-state index contributed by atoms with van der Waals surface area (Å²) < 4.78 is 38.0. The third-order valence-corrected chi connectivity index (χ3v) is 3.17. The van der Waals surface area contributed by atoms with Crippen LogP contribution in [0.3, 0.4) is 0 Å². The van der Waals surface area contributed by atoms with Crippen molar-refractivity contribution in [2.75, 3.05) is 10.6 Å². The first-order valence-corrected chi connectivity index (χ1v) is 7.01. The number of aromatic nitrogens is 4. The molecular formula is C15H11F3N6O. The quantitative estimate of drug-likeness (QED) is 0.675. The SMILES string of the molecule is O=C(Nc1cccc(-c2nn[nH]n2)c1)Nc1cccc(C(F)(F)F)c1. The molecule has 25 heavy (non-hydrogen) atoms. The van der Waals surface area contributed by atoms with E-state index >= 15 is 0 Å². The summed E-state index contributed by atoms with van der Waals surface area (Å²) in [4.78, 5) is 12.0. The summed E-state index contributed by atoms with van der Waals surface area (Å²) in [5.41, 5.74) is 0.225. The van der Waals surface area contributed by atoms with Gasteiger partial charge in [-0.15, -0.1) is 10.2 Å². The maximum atomic E-state index is 12.7. The van der Waals surface area contributed by atoms with Crippen LogP contribution in [0.5, 0.6) is 0 Å². The smallest absolute Gasteiger partial charge is 0.308 e. The van der Waals surface area contributed by atoms with Crippen molar-refractivity contribution in [3.63, 3.8) is 0 Å². The number of halogens is 3. The first-order valence-electron chi connectivity index (χ1n) is 7.01. The number of amides is 2. The summed E-state index contributed by atoms with van der Waals surface area (Å²) in [5.74, 6) is 0.349. The van der Waals surface area contributed by atoms with Gasteiger partial charge in [-0.1, -0.05) is 18.2 Å². The van der Waals surface area contributed by atoms with Crippen LogP contribution < -0.4 is 10.6 Å². The molecule has 0 radical (unpaired) electrons. The second-order valence-corrected chi connectivity index (χ2v) is 4.97. The predicted molar refractivity (Wildman–Crippen MR) is 83.7 cm³/mol. The fourth-order valence-corrected chi connectivity index (χ4v) is 2.09. The van der Waals surface area contributed by atoms with Crippen LogP contribution in [0.2, 0.25) is 0 Å². The Labute approximate surface area is 139 Å². The summed E-state index contributed by atoms with van der Waals surface area (Å²) in [6, 6.07) is 10.3. The molecule has 0 spiro atoms. The van der Waals surface area contributed by atoms with Crippen molar-refractivity contribution in [1.29, 1.82) is 0 Å². The molecule has 3 N–H and O–H groups in total. The maximum Gasteiger partial charge on any atom is 0.416 e. The molecule has 10 heteroatoms. The van der Waals surface area contributed by atoms with Gasteiger partial charge in [0.2, 0.25) is 5.82 Å². The number of alkyl halides is 3. The Morgan fingerprint density at radius 3 is 2.32 bits per heavy atom. The highest BCUT2D eigenvalue weighted by Gasteiger charge is 2.30. The largest absolute Gasteiger partial charge is 0.416 e. The van der Waals surface area contributed by atoms with Crippen LogP contribution in [0.1, 0.15) is 5.56 Å². The number of carbonyl (C=O) groups excluding carboxylic acids is 1. The number of hydrogen-bond donors (Lipinski definition) is 3. The lowest BCUT2D eigenvalue weighted by molar-refractivity contribution is -0.137. The van der Waals surface area contributed by atoms with Crippen LogP contribution >= 0.6 is 0 Å². The summed E-state index contributed by atoms with van der Waals surface area (Å²) in [7, 11) is 0. The van der Waals surface area contributed by atoms with Crippen LogP contribution in [0.4, 0.5) is 29.3 Å². The Morgan fingerprint density at radius 1 is 1.00 bits per heavy atom. The Morgan fingerprint density at radius 2 is 1.68 bits per heavy atom. The monoisotopic (exact) mass is 348 g/mol. The Hall–Kier alpha value is -3.43. The van der Waals surface area contributed by atoms with Gasteiger partial charge >= 0.3 is 12.2 Å². The number of carbonyl (C=O) groups is 1. The van der Waals surface area contributed by atoms with Gasteiger partial charge in [0.25, 0.3) is 0 Å². The van der Waals surface area contributed by atoms with Gasteiger partial charge in [-0.2, -0.15) is 18.4 Å². The molecule has 2 aromatic carbocycles. The van der Waals surface area contributed by atoms with Crippen molar-refractivity contribution in [2.45, 2.75) is 6.18 Å². The number of benzene rings is 2. The van der Waals surface area contributed by atoms with Gasteiger partial charge in [0, 0.05) is 16.9 Å². The summed E-state index contributed by atoms with van der Waals surface area (Å²) >= 11 is 0. The topological polar surface area (TPSA) is 95.6 Å². The number of H-pyrrole nitrogens is 1. The van der Waals surface area contributed by atoms with E-state index in [-0.39, 0.29) is 5.69 Å². The minimum absolute atomic E-state index is 0.0293. The highest BCUT2D eigenvalue weighted by Crippen LogP contribution is 2.30. The van der Waals surface area contributed by atoms with Crippen molar-refractivity contribution in [3.8, 4) is 11.4 Å². The number of nitrogens with one attached hydrogen (secondary N) is 3. The summed E-state index contributed by atoms with van der Waals surface area (Å²) in [5, 5.41) is 18.3. The normalized spacial score (nSPS) is 11.2. The summed E-state index contributed by atoms with van der Waals surface area (Å²) in [6.07, 6.45) is -4.48. The van der Waals surface area contributed by atoms with Gasteiger partial charge in [-0.25, -0.2) is 4.79 Å². The van der Waals surface area contributed by atoms with E-state index in [0.717, 1.165) is 12.1 Å². The fraction of sp³-hybridized carbons (Fsp3) is 0.0667. The second kappa shape index (κ2) is 6.59. The third kappa shape index (κ3) is 4.10. The minimum atomic E-state index is -4.48. The first kappa shape index (κ1) is 16.4. The Balaban J connectivity index is 1.70. The van der Waals surface area contributed by atoms with Gasteiger partial charge in [0.1, 0.15) is 0 Å². The van der Waals surface area contributed by atoms with Gasteiger partial charge < -0.3 is 10.6 Å². The average molecular weight is 348 g/mol. The number of rotatable bonds is 3. The fourth-order valence-electron chi connectivity index (χ4n) is 2.09. The zero-order chi connectivity index (χ0) is 17.9. The van der Waals surface area contributed by atoms with E-state index in [1.54, 1.807) is 24.3 Å². The molecule has 1 heterocycles. The molecule has 0 atom stereocenters. The number of aromatic amines is 1. The van der Waals surface area contributed by atoms with E-state index in [0.29, 0.717) is 17.1 Å². The van der Waals surface area contributed by atoms with Crippen molar-refractivity contribution in [2.24, 2.45) is 0 Å². The molecule has 3 aromatic rings. The highest BCUT2D eigenvalue weighted by atomic mass is 19.4. The van der Waals surface area contributed by atoms with Crippen molar-refractivity contribution < 1.29 is 18.0 Å². The van der Waals surface area contributed by atoms with E-state index in [4.69, 9.17) is 0 Å². The van der Waals surface area contributed by atoms with Crippen LogP contribution in [0, 0.1) is 0 Å². The second-order valence-electron chi connectivity index (χ2n) is 4.97. The van der Waals surface area contributed by atoms with Gasteiger partial charge in [-0.3, -0.25) is 0 Å². The molecule has 0 aliphatic carbocycles. The molecule has 0 bridgehead atoms. The number of tetrazole rings is 1. The molecule has 0 saturated carbocycles. The highest BCUT2D eigenvalue weighted by molar-refractivity contribution is 6.00. The van der Waals surface area contributed by atoms with Crippen molar-refractivity contribution in [3.05, 3.63) is 54.1 Å². The van der Waals surface area contributed by atoms with E-state index in [9.17, 15) is 18.0 Å². The standard InChI is InChI=1S/C15H11F3N6O/c16-15(17,18)10-4-2-6-12(8-10)20-14(25)19-11-5-1-3-9(7-11)13-21-23-24-22-13/h1-8H,(H2,19,20,25)(H,21,22,23,24). The molecule has 0 saturated heterocycles. The van der Waals surface area contributed by atoms with Crippen LogP contribution in [0.15, 0.2) is 48.5 Å². The zero-order valence-electron chi connectivity index (χ0n) is 12.5. The predicted octanol–water partition coefficient (Wildman–Crippen LogP) is 3.53. The number of anilines is 2. The van der Waals surface area contributed by atoms with Gasteiger partial charge in [0.15, 0.2) is 0 Å². The molecule has 0 aliphatic heterocycles. The van der Waals surface area contributed by atoms with E-state index in [1.165, 1.54) is 12.1 Å². The number of urea groups is 1. The Kier molecular flexibility index (Phi) is 4.33. The van der Waals surface area contributed by atoms with Gasteiger partial charge in [-0.05, 0) is 35.5 Å². The molecule has 1 aromatic heterocycles. The van der Waals surface area contributed by atoms with E-state index in [1.807, 2.05) is 0 Å². The molecule has 0 unspecified atom stereocenters. The van der Waals surface area contributed by atoms with Crippen molar-refractivity contribution >= 4 is 17.4 Å². The molecule has 7 nitrogen and oxygen atoms in total. The molecular weight excluding hydrogens is 337 g/mol. The molecule has 2 amide bonds. The van der Waals surface area contributed by atoms with Crippen LogP contribution in [0.25, 0.3) is 11.4 Å². The van der Waals surface area contributed by atoms with E-state index in [2.05, 4.69) is 31.3 Å². The number of nitrogens with zero attached hydrogens (tertiary/aromatic N) is 3. The van der Waals surface area contributed by atoms with Crippen LogP contribution in [-0.4, -0.2) is 26.7 Å². The molecule has 128 valence electrons. The lowest BCUT2D eigenvalue weighted by atomic mass is 10.2. The lowest BCUT2D eigenvalue weighted by Gasteiger charge is -2.11. The zero-order valence-corrected chi connectivity index (χ0v) is 12.5. The molecule has 3 rings (SSSR count). The Bertz CT molecular complexity index is 879. The first-order chi connectivity index (χ1) is 11.9. The molecule has 0 aliphatic rings. The summed E-state index contributed by atoms with van der Waals surface area (Å²) in [6.45, 7) is 0.